The first-order valence-electron chi connectivity index (χ1n) is 5.69. The molecular weight excluding hydrogens is 162 g/mol. The van der Waals surface area contributed by atoms with E-state index in [1.54, 1.807) is 0 Å². The first-order valence-corrected chi connectivity index (χ1v) is 5.69. The Kier molecular flexibility index (Phi) is 1.72. The van der Waals surface area contributed by atoms with Crippen LogP contribution in [0, 0.1) is 23.7 Å². The van der Waals surface area contributed by atoms with Gasteiger partial charge in [-0.15, -0.1) is 0 Å². The smallest absolute Gasteiger partial charge is 0.0636 e. The minimum atomic E-state index is -0.182. The number of nitrogens with one attached hydrogen (secondary N) is 1. The highest BCUT2D eigenvalue weighted by atomic mass is 16.3. The summed E-state index contributed by atoms with van der Waals surface area (Å²) in [4.78, 5) is 0. The summed E-state index contributed by atoms with van der Waals surface area (Å²) in [7, 11) is 0. The van der Waals surface area contributed by atoms with Crippen LogP contribution < -0.4 is 5.32 Å². The van der Waals surface area contributed by atoms with Crippen LogP contribution in [0.1, 0.15) is 26.2 Å². The lowest BCUT2D eigenvalue weighted by Gasteiger charge is -2.11. The topological polar surface area (TPSA) is 32.3 Å². The highest BCUT2D eigenvalue weighted by Crippen LogP contribution is 2.65. The maximum Gasteiger partial charge on any atom is 0.0636 e. The molecule has 74 valence electrons. The summed E-state index contributed by atoms with van der Waals surface area (Å²) in [6.45, 7) is 2.65. The molecule has 0 spiro atoms. The van der Waals surface area contributed by atoms with E-state index in [1.807, 2.05) is 6.92 Å². The Morgan fingerprint density at radius 1 is 1.31 bits per heavy atom. The fourth-order valence-corrected chi connectivity index (χ4v) is 3.90. The molecule has 0 aliphatic heterocycles. The van der Waals surface area contributed by atoms with Gasteiger partial charge in [0.15, 0.2) is 0 Å². The molecule has 0 aromatic rings. The van der Waals surface area contributed by atoms with Crippen LogP contribution in [-0.2, 0) is 0 Å². The molecule has 2 N–H and O–H groups in total. The van der Waals surface area contributed by atoms with Crippen LogP contribution in [0.4, 0.5) is 0 Å². The lowest BCUT2D eigenvalue weighted by Crippen LogP contribution is -2.29. The maximum atomic E-state index is 9.18. The zero-order valence-corrected chi connectivity index (χ0v) is 8.24. The molecule has 0 radical (unpaired) electrons. The number of aliphatic hydroxyl groups excluding tert-OH is 1. The predicted molar refractivity (Wildman–Crippen MR) is 51.3 cm³/mol. The van der Waals surface area contributed by atoms with E-state index in [-0.39, 0.29) is 6.10 Å². The van der Waals surface area contributed by atoms with Gasteiger partial charge in [-0.05, 0) is 49.9 Å². The Bertz CT molecular complexity index is 200. The average Bonchev–Trinajstić information content (AvgIpc) is 2.51. The SMILES string of the molecule is CC(O)CNC1C2C3CCC(C3)C12. The second-order valence-electron chi connectivity index (χ2n) is 5.27. The van der Waals surface area contributed by atoms with Crippen LogP contribution in [0.5, 0.6) is 0 Å². The Labute approximate surface area is 79.7 Å². The molecule has 5 unspecified atom stereocenters. The molecule has 3 fully saturated rings. The van der Waals surface area contributed by atoms with Crippen molar-refractivity contribution in [1.82, 2.24) is 5.32 Å². The molecule has 13 heavy (non-hydrogen) atoms. The van der Waals surface area contributed by atoms with Crippen molar-refractivity contribution in [1.29, 1.82) is 0 Å². The summed E-state index contributed by atoms with van der Waals surface area (Å²) in [6, 6.07) is 0.779. The van der Waals surface area contributed by atoms with Crippen LogP contribution in [-0.4, -0.2) is 23.8 Å². The predicted octanol–water partition coefficient (Wildman–Crippen LogP) is 1.00. The standard InChI is InChI=1S/C11H19NO/c1-6(13)5-12-11-9-7-2-3-8(4-7)10(9)11/h6-13H,2-5H2,1H3. The van der Waals surface area contributed by atoms with Gasteiger partial charge in [0.2, 0.25) is 0 Å². The molecule has 3 saturated carbocycles. The molecule has 2 heteroatoms. The van der Waals surface area contributed by atoms with E-state index < -0.39 is 0 Å². The quantitative estimate of drug-likeness (QED) is 0.681. The number of aliphatic hydroxyl groups is 1. The van der Waals surface area contributed by atoms with Crippen molar-refractivity contribution < 1.29 is 5.11 Å². The second-order valence-corrected chi connectivity index (χ2v) is 5.27. The number of hydrogen-bond acceptors (Lipinski definition) is 2. The molecule has 0 saturated heterocycles. The maximum absolute atomic E-state index is 9.18. The van der Waals surface area contributed by atoms with E-state index >= 15 is 0 Å². The van der Waals surface area contributed by atoms with Gasteiger partial charge in [-0.3, -0.25) is 0 Å². The fourth-order valence-electron chi connectivity index (χ4n) is 3.90. The molecule has 3 aliphatic carbocycles. The third kappa shape index (κ3) is 1.15. The molecule has 2 bridgehead atoms. The van der Waals surface area contributed by atoms with Crippen molar-refractivity contribution >= 4 is 0 Å². The summed E-state index contributed by atoms with van der Waals surface area (Å²) in [5.74, 6) is 4.08. The average molecular weight is 181 g/mol. The van der Waals surface area contributed by atoms with Crippen molar-refractivity contribution in [3.63, 3.8) is 0 Å². The minimum Gasteiger partial charge on any atom is -0.392 e. The normalized spacial score (nSPS) is 53.5. The van der Waals surface area contributed by atoms with E-state index in [2.05, 4.69) is 5.32 Å². The molecule has 0 aromatic carbocycles. The van der Waals surface area contributed by atoms with E-state index in [9.17, 15) is 5.11 Å². The lowest BCUT2D eigenvalue weighted by molar-refractivity contribution is 0.188. The van der Waals surface area contributed by atoms with Gasteiger partial charge < -0.3 is 10.4 Å². The van der Waals surface area contributed by atoms with Crippen LogP contribution in [0.3, 0.4) is 0 Å². The third-order valence-electron chi connectivity index (χ3n) is 4.38. The van der Waals surface area contributed by atoms with Crippen molar-refractivity contribution in [2.45, 2.75) is 38.3 Å². The third-order valence-corrected chi connectivity index (χ3v) is 4.38. The zero-order valence-electron chi connectivity index (χ0n) is 8.24. The Morgan fingerprint density at radius 2 is 1.92 bits per heavy atom. The van der Waals surface area contributed by atoms with Crippen molar-refractivity contribution in [3.8, 4) is 0 Å². The number of hydrogen-bond donors (Lipinski definition) is 2. The summed E-state index contributed by atoms with van der Waals surface area (Å²) in [5.41, 5.74) is 0. The van der Waals surface area contributed by atoms with Gasteiger partial charge >= 0.3 is 0 Å². The molecule has 3 aliphatic rings. The van der Waals surface area contributed by atoms with Gasteiger partial charge in [0.25, 0.3) is 0 Å². The van der Waals surface area contributed by atoms with Gasteiger partial charge in [-0.1, -0.05) is 0 Å². The minimum absolute atomic E-state index is 0.182. The Hall–Kier alpha value is -0.0800. The van der Waals surface area contributed by atoms with Crippen LogP contribution in [0.2, 0.25) is 0 Å². The lowest BCUT2D eigenvalue weighted by atomic mass is 10.0. The van der Waals surface area contributed by atoms with Crippen LogP contribution >= 0.6 is 0 Å². The molecule has 5 atom stereocenters. The monoisotopic (exact) mass is 181 g/mol. The molecule has 3 rings (SSSR count). The summed E-state index contributed by atoms with van der Waals surface area (Å²) in [6.07, 6.45) is 4.30. The highest BCUT2D eigenvalue weighted by molar-refractivity contribution is 5.16. The molecule has 0 heterocycles. The van der Waals surface area contributed by atoms with Gasteiger partial charge in [0.1, 0.15) is 0 Å². The van der Waals surface area contributed by atoms with Gasteiger partial charge in [-0.25, -0.2) is 0 Å². The summed E-state index contributed by atoms with van der Waals surface area (Å²) >= 11 is 0. The summed E-state index contributed by atoms with van der Waals surface area (Å²) in [5, 5.41) is 12.7. The first-order chi connectivity index (χ1) is 6.27. The largest absolute Gasteiger partial charge is 0.392 e. The van der Waals surface area contributed by atoms with E-state index in [0.717, 1.165) is 36.3 Å². The molecule has 2 nitrogen and oxygen atoms in total. The number of fused-ring (bicyclic) bond motifs is 5. The molecular formula is C11H19NO. The fraction of sp³-hybridized carbons (Fsp3) is 1.00. The highest BCUT2D eigenvalue weighted by Gasteiger charge is 2.64. The molecule has 0 aromatic heterocycles. The van der Waals surface area contributed by atoms with E-state index in [0.29, 0.717) is 0 Å². The van der Waals surface area contributed by atoms with Crippen LogP contribution in [0.15, 0.2) is 0 Å². The first kappa shape index (κ1) is 8.25. The number of rotatable bonds is 3. The van der Waals surface area contributed by atoms with Gasteiger partial charge in [0.05, 0.1) is 6.10 Å². The second kappa shape index (κ2) is 2.71. The van der Waals surface area contributed by atoms with E-state index in [4.69, 9.17) is 0 Å². The van der Waals surface area contributed by atoms with Crippen molar-refractivity contribution in [2.75, 3.05) is 6.54 Å². The van der Waals surface area contributed by atoms with Gasteiger partial charge in [0, 0.05) is 12.6 Å². The van der Waals surface area contributed by atoms with Crippen LogP contribution in [0.25, 0.3) is 0 Å². The molecule has 0 amide bonds. The Morgan fingerprint density at radius 3 is 2.46 bits per heavy atom. The van der Waals surface area contributed by atoms with Crippen molar-refractivity contribution in [3.05, 3.63) is 0 Å². The van der Waals surface area contributed by atoms with Crippen molar-refractivity contribution in [2.24, 2.45) is 23.7 Å². The van der Waals surface area contributed by atoms with Gasteiger partial charge in [-0.2, -0.15) is 0 Å². The Balaban J connectivity index is 1.55. The van der Waals surface area contributed by atoms with E-state index in [1.165, 1.54) is 19.3 Å². The zero-order chi connectivity index (χ0) is 9.00. The summed E-state index contributed by atoms with van der Waals surface area (Å²) < 4.78 is 0.